The Hall–Kier alpha value is -1.91. The van der Waals surface area contributed by atoms with Gasteiger partial charge in [0.15, 0.2) is 5.82 Å². The molecule has 0 aliphatic heterocycles. The molecule has 1 saturated carbocycles. The zero-order valence-corrected chi connectivity index (χ0v) is 11.6. The van der Waals surface area contributed by atoms with Gasteiger partial charge in [-0.25, -0.2) is 14.1 Å². The molecule has 1 aliphatic carbocycles. The summed E-state index contributed by atoms with van der Waals surface area (Å²) in [6.45, 7) is 2.26. The van der Waals surface area contributed by atoms with E-state index in [1.807, 2.05) is 6.07 Å². The van der Waals surface area contributed by atoms with E-state index in [2.05, 4.69) is 22.3 Å². The molecule has 20 heavy (non-hydrogen) atoms. The lowest BCUT2D eigenvalue weighted by molar-refractivity contribution is 0.349. The summed E-state index contributed by atoms with van der Waals surface area (Å²) >= 11 is 0. The number of nitrogens with one attached hydrogen (secondary N) is 1. The molecule has 1 aromatic heterocycles. The van der Waals surface area contributed by atoms with Crippen molar-refractivity contribution in [2.45, 2.75) is 38.6 Å². The fourth-order valence-electron chi connectivity index (χ4n) is 2.86. The molecule has 0 amide bonds. The van der Waals surface area contributed by atoms with Crippen LogP contribution in [0.2, 0.25) is 0 Å². The molecule has 2 atom stereocenters. The van der Waals surface area contributed by atoms with Crippen LogP contribution < -0.4 is 5.32 Å². The molecule has 2 aromatic rings. The van der Waals surface area contributed by atoms with Gasteiger partial charge >= 0.3 is 0 Å². The van der Waals surface area contributed by atoms with E-state index in [0.717, 1.165) is 12.1 Å². The summed E-state index contributed by atoms with van der Waals surface area (Å²) in [7, 11) is 0. The van der Waals surface area contributed by atoms with Gasteiger partial charge < -0.3 is 5.32 Å². The fraction of sp³-hybridized carbons (Fsp3) is 0.467. The minimum absolute atomic E-state index is 0.288. The second-order valence-corrected chi connectivity index (χ2v) is 5.52. The zero-order chi connectivity index (χ0) is 13.9. The van der Waals surface area contributed by atoms with E-state index in [9.17, 15) is 4.39 Å². The van der Waals surface area contributed by atoms with E-state index in [4.69, 9.17) is 0 Å². The van der Waals surface area contributed by atoms with Crippen molar-refractivity contribution in [3.05, 3.63) is 36.7 Å². The van der Waals surface area contributed by atoms with Crippen molar-refractivity contribution in [3.8, 4) is 5.69 Å². The maximum atomic E-state index is 14.1. The number of nitrogens with zero attached hydrogens (tertiary/aromatic N) is 3. The van der Waals surface area contributed by atoms with E-state index in [0.29, 0.717) is 17.6 Å². The second kappa shape index (κ2) is 5.61. The third-order valence-electron chi connectivity index (χ3n) is 4.08. The molecule has 5 heteroatoms. The lowest BCUT2D eigenvalue weighted by atomic mass is 9.86. The quantitative estimate of drug-likeness (QED) is 0.932. The summed E-state index contributed by atoms with van der Waals surface area (Å²) in [5, 5.41) is 7.41. The first kappa shape index (κ1) is 13.1. The average molecular weight is 274 g/mol. The van der Waals surface area contributed by atoms with Crippen LogP contribution in [0.5, 0.6) is 0 Å². The van der Waals surface area contributed by atoms with E-state index >= 15 is 0 Å². The van der Waals surface area contributed by atoms with Gasteiger partial charge in [-0.1, -0.05) is 19.8 Å². The average Bonchev–Trinajstić information content (AvgIpc) is 2.95. The normalized spacial score (nSPS) is 22.7. The lowest BCUT2D eigenvalue weighted by Gasteiger charge is -2.30. The Balaban J connectivity index is 1.77. The molecule has 0 spiro atoms. The molecule has 1 aromatic carbocycles. The van der Waals surface area contributed by atoms with Crippen molar-refractivity contribution in [3.63, 3.8) is 0 Å². The van der Waals surface area contributed by atoms with Gasteiger partial charge in [-0.3, -0.25) is 0 Å². The highest BCUT2D eigenvalue weighted by Gasteiger charge is 2.21. The van der Waals surface area contributed by atoms with Crippen LogP contribution in [0.1, 0.15) is 32.6 Å². The molecule has 1 fully saturated rings. The van der Waals surface area contributed by atoms with Gasteiger partial charge in [-0.2, -0.15) is 5.10 Å². The molecule has 0 saturated heterocycles. The summed E-state index contributed by atoms with van der Waals surface area (Å²) < 4.78 is 15.6. The highest BCUT2D eigenvalue weighted by Crippen LogP contribution is 2.27. The third-order valence-corrected chi connectivity index (χ3v) is 4.08. The SMILES string of the molecule is CC1CCCCC1Nc1ccc(-n2cncn2)c(F)c1. The molecule has 1 aliphatic rings. The van der Waals surface area contributed by atoms with Gasteiger partial charge in [0.25, 0.3) is 0 Å². The predicted molar refractivity (Wildman–Crippen MR) is 76.4 cm³/mol. The summed E-state index contributed by atoms with van der Waals surface area (Å²) in [6.07, 6.45) is 7.86. The highest BCUT2D eigenvalue weighted by molar-refractivity contribution is 5.50. The van der Waals surface area contributed by atoms with Gasteiger partial charge in [-0.15, -0.1) is 0 Å². The van der Waals surface area contributed by atoms with Crippen LogP contribution in [0.15, 0.2) is 30.9 Å². The summed E-state index contributed by atoms with van der Waals surface area (Å²) in [5.41, 5.74) is 1.26. The van der Waals surface area contributed by atoms with E-state index in [-0.39, 0.29) is 5.82 Å². The van der Waals surface area contributed by atoms with Crippen LogP contribution in [-0.4, -0.2) is 20.8 Å². The van der Waals surface area contributed by atoms with Gasteiger partial charge in [0.05, 0.1) is 0 Å². The Bertz CT molecular complexity index is 567. The van der Waals surface area contributed by atoms with Crippen molar-refractivity contribution in [1.82, 2.24) is 14.8 Å². The molecule has 1 N–H and O–H groups in total. The molecule has 106 valence electrons. The smallest absolute Gasteiger partial charge is 0.150 e. The number of benzene rings is 1. The molecule has 0 bridgehead atoms. The molecule has 4 nitrogen and oxygen atoms in total. The highest BCUT2D eigenvalue weighted by atomic mass is 19.1. The molecular formula is C15H19FN4. The zero-order valence-electron chi connectivity index (χ0n) is 11.6. The maximum absolute atomic E-state index is 14.1. The third kappa shape index (κ3) is 2.66. The Labute approximate surface area is 118 Å². The molecule has 0 radical (unpaired) electrons. The summed E-state index contributed by atoms with van der Waals surface area (Å²) in [6, 6.07) is 5.62. The van der Waals surface area contributed by atoms with Gasteiger partial charge in [0.1, 0.15) is 18.3 Å². The minimum atomic E-state index is -0.288. The Morgan fingerprint density at radius 1 is 1.30 bits per heavy atom. The van der Waals surface area contributed by atoms with E-state index in [1.54, 1.807) is 12.1 Å². The van der Waals surface area contributed by atoms with Crippen molar-refractivity contribution in [2.75, 3.05) is 5.32 Å². The Morgan fingerprint density at radius 3 is 2.85 bits per heavy atom. The molecule has 3 rings (SSSR count). The number of hydrogen-bond donors (Lipinski definition) is 1. The first-order valence-corrected chi connectivity index (χ1v) is 7.15. The predicted octanol–water partition coefficient (Wildman–Crippen LogP) is 3.40. The number of anilines is 1. The summed E-state index contributed by atoms with van der Waals surface area (Å²) in [5.74, 6) is 0.353. The number of hydrogen-bond acceptors (Lipinski definition) is 3. The van der Waals surface area contributed by atoms with Crippen molar-refractivity contribution >= 4 is 5.69 Å². The second-order valence-electron chi connectivity index (χ2n) is 5.52. The van der Waals surface area contributed by atoms with Crippen LogP contribution in [-0.2, 0) is 0 Å². The maximum Gasteiger partial charge on any atom is 0.150 e. The first-order chi connectivity index (χ1) is 9.74. The van der Waals surface area contributed by atoms with Crippen LogP contribution in [0.4, 0.5) is 10.1 Å². The van der Waals surface area contributed by atoms with Gasteiger partial charge in [0, 0.05) is 11.7 Å². The van der Waals surface area contributed by atoms with Gasteiger partial charge in [0.2, 0.25) is 0 Å². The largest absolute Gasteiger partial charge is 0.382 e. The van der Waals surface area contributed by atoms with E-state index < -0.39 is 0 Å². The topological polar surface area (TPSA) is 42.7 Å². The van der Waals surface area contributed by atoms with Crippen molar-refractivity contribution in [1.29, 1.82) is 0 Å². The van der Waals surface area contributed by atoms with Crippen LogP contribution in [0.25, 0.3) is 5.69 Å². The lowest BCUT2D eigenvalue weighted by Crippen LogP contribution is -2.30. The number of halogens is 1. The number of aromatic nitrogens is 3. The standard InChI is InChI=1S/C15H19FN4/c1-11-4-2-3-5-14(11)19-12-6-7-15(13(16)8-12)20-10-17-9-18-20/h6-11,14,19H,2-5H2,1H3. The van der Waals surface area contributed by atoms with Crippen LogP contribution in [0.3, 0.4) is 0 Å². The van der Waals surface area contributed by atoms with Crippen molar-refractivity contribution < 1.29 is 4.39 Å². The summed E-state index contributed by atoms with van der Waals surface area (Å²) in [4.78, 5) is 3.84. The molecular weight excluding hydrogens is 255 g/mol. The number of rotatable bonds is 3. The first-order valence-electron chi connectivity index (χ1n) is 7.15. The molecule has 1 heterocycles. The fourth-order valence-corrected chi connectivity index (χ4v) is 2.86. The monoisotopic (exact) mass is 274 g/mol. The van der Waals surface area contributed by atoms with Crippen LogP contribution >= 0.6 is 0 Å². The molecule has 2 unspecified atom stereocenters. The Morgan fingerprint density at radius 2 is 2.15 bits per heavy atom. The van der Waals surface area contributed by atoms with Crippen molar-refractivity contribution in [2.24, 2.45) is 5.92 Å². The minimum Gasteiger partial charge on any atom is -0.382 e. The van der Waals surface area contributed by atoms with Gasteiger partial charge in [-0.05, 0) is 37.0 Å². The van der Waals surface area contributed by atoms with Crippen LogP contribution in [0, 0.1) is 11.7 Å². The Kier molecular flexibility index (Phi) is 3.67. The van der Waals surface area contributed by atoms with E-state index in [1.165, 1.54) is 36.6 Å².